The molecule has 1 aromatic rings. The molecule has 4 heterocycles. The number of carbonyl (C=O) groups excluding carboxylic acids is 3. The first kappa shape index (κ1) is 24.1. The molecule has 186 valence electrons. The van der Waals surface area contributed by atoms with Crippen LogP contribution in [0.1, 0.15) is 25.3 Å². The van der Waals surface area contributed by atoms with E-state index in [0.29, 0.717) is 39.1 Å². The Kier molecular flexibility index (Phi) is 6.77. The van der Waals surface area contributed by atoms with E-state index in [0.717, 1.165) is 12.0 Å². The van der Waals surface area contributed by atoms with Crippen molar-refractivity contribution >= 4 is 29.5 Å². The maximum Gasteiger partial charge on any atom is 0.247 e. The number of amides is 3. The van der Waals surface area contributed by atoms with Gasteiger partial charge in [0, 0.05) is 44.6 Å². The highest BCUT2D eigenvalue weighted by Crippen LogP contribution is 2.61. The van der Waals surface area contributed by atoms with Crippen LogP contribution >= 0.6 is 11.8 Å². The Morgan fingerprint density at radius 3 is 2.51 bits per heavy atom. The topological polar surface area (TPSA) is 81.2 Å². The summed E-state index contributed by atoms with van der Waals surface area (Å²) in [5.41, 5.74) is 1.03. The number of nitrogens with zero attached hydrogens (tertiary/aromatic N) is 3. The molecule has 0 saturated carbocycles. The van der Waals surface area contributed by atoms with Gasteiger partial charge < -0.3 is 19.8 Å². The van der Waals surface area contributed by atoms with Gasteiger partial charge in [0.15, 0.2) is 0 Å². The summed E-state index contributed by atoms with van der Waals surface area (Å²) < 4.78 is -0.792. The molecule has 0 radical (unpaired) electrons. The molecule has 35 heavy (non-hydrogen) atoms. The first-order valence-corrected chi connectivity index (χ1v) is 13.4. The van der Waals surface area contributed by atoms with Crippen LogP contribution in [-0.4, -0.2) is 86.4 Å². The summed E-state index contributed by atoms with van der Waals surface area (Å²) in [6.07, 6.45) is 9.42. The van der Waals surface area contributed by atoms with Crippen molar-refractivity contribution in [2.45, 2.75) is 42.3 Å². The Balaban J connectivity index is 1.54. The van der Waals surface area contributed by atoms with Gasteiger partial charge in [0.2, 0.25) is 17.7 Å². The van der Waals surface area contributed by atoms with Crippen LogP contribution in [0.4, 0.5) is 0 Å². The van der Waals surface area contributed by atoms with Crippen LogP contribution in [0.25, 0.3) is 0 Å². The van der Waals surface area contributed by atoms with E-state index < -0.39 is 22.6 Å². The van der Waals surface area contributed by atoms with Crippen molar-refractivity contribution in [2.75, 3.05) is 32.8 Å². The predicted molar refractivity (Wildman–Crippen MR) is 135 cm³/mol. The minimum absolute atomic E-state index is 0.0126. The molecule has 5 atom stereocenters. The number of rotatable bonds is 7. The number of aliphatic hydroxyl groups excluding tert-OH is 1. The SMILES string of the molecule is CCCN1CC=C[C@H]2S[C@]34C=CCN(Cc5ccccc5)C(=O)C3N(CCCO)C(=O)[C@@H]4[C@H]2C1=O. The van der Waals surface area contributed by atoms with E-state index in [2.05, 4.69) is 6.08 Å². The van der Waals surface area contributed by atoms with Crippen molar-refractivity contribution in [1.82, 2.24) is 14.7 Å². The zero-order valence-electron chi connectivity index (χ0n) is 20.1. The molecule has 4 aliphatic rings. The van der Waals surface area contributed by atoms with Crippen molar-refractivity contribution in [3.05, 3.63) is 60.2 Å². The number of aliphatic hydroxyl groups is 1. The van der Waals surface area contributed by atoms with E-state index >= 15 is 0 Å². The fraction of sp³-hybridized carbons (Fsp3) is 0.519. The van der Waals surface area contributed by atoms with Gasteiger partial charge in [-0.25, -0.2) is 0 Å². The Morgan fingerprint density at radius 1 is 1.00 bits per heavy atom. The average Bonchev–Trinajstić information content (AvgIpc) is 3.18. The van der Waals surface area contributed by atoms with E-state index in [9.17, 15) is 19.5 Å². The third-order valence-corrected chi connectivity index (χ3v) is 9.34. The number of fused-ring (bicyclic) bond motifs is 2. The van der Waals surface area contributed by atoms with Crippen LogP contribution in [0, 0.1) is 11.8 Å². The van der Waals surface area contributed by atoms with Gasteiger partial charge in [0.1, 0.15) is 6.04 Å². The fourth-order valence-corrected chi connectivity index (χ4v) is 8.14. The molecular weight excluding hydrogens is 462 g/mol. The third-order valence-electron chi connectivity index (χ3n) is 7.59. The Morgan fingerprint density at radius 2 is 1.77 bits per heavy atom. The van der Waals surface area contributed by atoms with E-state index in [-0.39, 0.29) is 29.6 Å². The van der Waals surface area contributed by atoms with Crippen LogP contribution in [0.2, 0.25) is 0 Å². The summed E-state index contributed by atoms with van der Waals surface area (Å²) in [6.45, 7) is 4.43. The summed E-state index contributed by atoms with van der Waals surface area (Å²) in [5.74, 6) is -1.29. The Bertz CT molecular complexity index is 1040. The molecule has 0 bridgehead atoms. The fourth-order valence-electron chi connectivity index (χ4n) is 6.13. The van der Waals surface area contributed by atoms with Crippen molar-refractivity contribution in [3.63, 3.8) is 0 Å². The number of thioether (sulfide) groups is 1. The highest BCUT2D eigenvalue weighted by Gasteiger charge is 2.70. The van der Waals surface area contributed by atoms with Gasteiger partial charge in [0.25, 0.3) is 0 Å². The monoisotopic (exact) mass is 495 g/mol. The lowest BCUT2D eigenvalue weighted by Gasteiger charge is -2.35. The van der Waals surface area contributed by atoms with Gasteiger partial charge in [0.05, 0.1) is 16.6 Å². The van der Waals surface area contributed by atoms with Gasteiger partial charge in [-0.05, 0) is 18.4 Å². The zero-order chi connectivity index (χ0) is 24.6. The predicted octanol–water partition coefficient (Wildman–Crippen LogP) is 2.07. The van der Waals surface area contributed by atoms with Crippen molar-refractivity contribution in [1.29, 1.82) is 0 Å². The maximum atomic E-state index is 14.1. The molecule has 0 aromatic heterocycles. The third kappa shape index (κ3) is 4.00. The van der Waals surface area contributed by atoms with Gasteiger partial charge in [-0.2, -0.15) is 0 Å². The standard InChI is InChI=1S/C27H33N3O4S/c1-2-13-28-14-6-11-20-21(24(28)32)22-25(33)30(16-8-17-31)23-26(34)29(15-7-12-27(22,23)35-20)18-19-9-4-3-5-10-19/h3-7,9-12,20-23,31H,2,8,13-18H2,1H3/t20-,21+,22+,23?,27+/m1/s1. The first-order chi connectivity index (χ1) is 17.0. The molecule has 4 aliphatic heterocycles. The molecule has 5 rings (SSSR count). The largest absolute Gasteiger partial charge is 0.396 e. The molecule has 1 unspecified atom stereocenters. The molecule has 7 nitrogen and oxygen atoms in total. The zero-order valence-corrected chi connectivity index (χ0v) is 20.9. The Labute approximate surface area is 210 Å². The molecule has 0 aliphatic carbocycles. The number of likely N-dealkylation sites (tertiary alicyclic amines) is 1. The lowest BCUT2D eigenvalue weighted by Crippen LogP contribution is -2.53. The number of benzene rings is 1. The second kappa shape index (κ2) is 9.82. The number of carbonyl (C=O) groups is 3. The smallest absolute Gasteiger partial charge is 0.247 e. The Hall–Kier alpha value is -2.58. The molecule has 2 fully saturated rings. The average molecular weight is 496 g/mol. The molecule has 1 aromatic carbocycles. The highest BCUT2D eigenvalue weighted by atomic mass is 32.2. The van der Waals surface area contributed by atoms with Gasteiger partial charge in [-0.1, -0.05) is 61.6 Å². The van der Waals surface area contributed by atoms with Crippen molar-refractivity contribution in [2.24, 2.45) is 11.8 Å². The maximum absolute atomic E-state index is 14.1. The number of hydrogen-bond donors (Lipinski definition) is 1. The van der Waals surface area contributed by atoms with Gasteiger partial charge in [-0.15, -0.1) is 11.8 Å². The summed E-state index contributed by atoms with van der Waals surface area (Å²) in [6, 6.07) is 9.17. The normalized spacial score (nSPS) is 31.9. The quantitative estimate of drug-likeness (QED) is 0.586. The molecule has 1 N–H and O–H groups in total. The van der Waals surface area contributed by atoms with Crippen LogP contribution in [0.3, 0.4) is 0 Å². The van der Waals surface area contributed by atoms with Crippen molar-refractivity contribution in [3.8, 4) is 0 Å². The van der Waals surface area contributed by atoms with Gasteiger partial charge >= 0.3 is 0 Å². The molecule has 8 heteroatoms. The molecular formula is C27H33N3O4S. The lowest BCUT2D eigenvalue weighted by atomic mass is 9.78. The van der Waals surface area contributed by atoms with E-state index in [1.54, 1.807) is 16.7 Å². The number of hydrogen-bond acceptors (Lipinski definition) is 5. The van der Waals surface area contributed by atoms with E-state index in [1.807, 2.05) is 65.3 Å². The van der Waals surface area contributed by atoms with Gasteiger partial charge in [-0.3, -0.25) is 14.4 Å². The summed E-state index contributed by atoms with van der Waals surface area (Å²) in [7, 11) is 0. The van der Waals surface area contributed by atoms with Crippen LogP contribution in [0.15, 0.2) is 54.6 Å². The van der Waals surface area contributed by atoms with Crippen molar-refractivity contribution < 1.29 is 19.5 Å². The summed E-state index contributed by atoms with van der Waals surface area (Å²) in [4.78, 5) is 47.1. The highest BCUT2D eigenvalue weighted by molar-refractivity contribution is 8.02. The molecule has 2 saturated heterocycles. The van der Waals surface area contributed by atoms with E-state index in [4.69, 9.17) is 0 Å². The lowest BCUT2D eigenvalue weighted by molar-refractivity contribution is -0.144. The van der Waals surface area contributed by atoms with E-state index in [1.165, 1.54) is 0 Å². The second-order valence-corrected chi connectivity index (χ2v) is 11.3. The van der Waals surface area contributed by atoms with Crippen LogP contribution in [-0.2, 0) is 20.9 Å². The van der Waals surface area contributed by atoms with Crippen LogP contribution < -0.4 is 0 Å². The minimum atomic E-state index is -0.792. The minimum Gasteiger partial charge on any atom is -0.396 e. The summed E-state index contributed by atoms with van der Waals surface area (Å²) in [5, 5.41) is 9.38. The van der Waals surface area contributed by atoms with Crippen LogP contribution in [0.5, 0.6) is 0 Å². The molecule has 1 spiro atoms. The molecule has 3 amide bonds. The first-order valence-electron chi connectivity index (χ1n) is 12.6. The second-order valence-electron chi connectivity index (χ2n) is 9.77. The summed E-state index contributed by atoms with van der Waals surface area (Å²) >= 11 is 1.61.